The van der Waals surface area contributed by atoms with Crippen molar-refractivity contribution in [3.8, 4) is 0 Å². The highest BCUT2D eigenvalue weighted by molar-refractivity contribution is 5.23. The van der Waals surface area contributed by atoms with Crippen molar-refractivity contribution >= 4 is 0 Å². The van der Waals surface area contributed by atoms with Crippen molar-refractivity contribution in [1.82, 2.24) is 0 Å². The molecular weight excluding hydrogens is 168 g/mol. The van der Waals surface area contributed by atoms with Gasteiger partial charge in [-0.1, -0.05) is 24.3 Å². The Morgan fingerprint density at radius 2 is 1.31 bits per heavy atom. The number of aliphatic hydroxyl groups is 2. The fourth-order valence-corrected chi connectivity index (χ4v) is 1.49. The third-order valence-corrected chi connectivity index (χ3v) is 2.16. The lowest BCUT2D eigenvalue weighted by molar-refractivity contribution is -0.204. The zero-order valence-electron chi connectivity index (χ0n) is 7.18. The maximum Gasteiger partial charge on any atom is 0.161 e. The summed E-state index contributed by atoms with van der Waals surface area (Å²) in [5.74, 6) is 0. The second-order valence-electron chi connectivity index (χ2n) is 3.27. The first-order chi connectivity index (χ1) is 6.24. The van der Waals surface area contributed by atoms with E-state index in [1.165, 1.54) is 0 Å². The molecule has 2 bridgehead atoms. The Morgan fingerprint density at radius 1 is 0.923 bits per heavy atom. The van der Waals surface area contributed by atoms with E-state index in [0.29, 0.717) is 12.8 Å². The number of aliphatic hydroxyl groups excluding tert-OH is 2. The van der Waals surface area contributed by atoms with Crippen LogP contribution in [0.15, 0.2) is 24.3 Å². The van der Waals surface area contributed by atoms with E-state index in [4.69, 9.17) is 4.74 Å². The van der Waals surface area contributed by atoms with Crippen molar-refractivity contribution in [1.29, 1.82) is 0 Å². The second kappa shape index (κ2) is 3.46. The van der Waals surface area contributed by atoms with Crippen LogP contribution in [0.2, 0.25) is 0 Å². The molecule has 1 aromatic carbocycles. The molecule has 0 aromatic heterocycles. The molecule has 3 nitrogen and oxygen atoms in total. The molecule has 2 N–H and O–H groups in total. The summed E-state index contributed by atoms with van der Waals surface area (Å²) in [6.07, 6.45) is -0.956. The molecule has 0 spiro atoms. The van der Waals surface area contributed by atoms with Gasteiger partial charge >= 0.3 is 0 Å². The Balaban J connectivity index is 2.27. The number of benzene rings is 1. The maximum absolute atomic E-state index is 9.35. The molecule has 0 saturated carbocycles. The lowest BCUT2D eigenvalue weighted by Crippen LogP contribution is -2.24. The molecule has 0 aliphatic carbocycles. The molecule has 1 aromatic rings. The lowest BCUT2D eigenvalue weighted by Gasteiger charge is -2.14. The fraction of sp³-hybridized carbons (Fsp3) is 0.400. The minimum absolute atomic E-state index is 0.428. The number of rotatable bonds is 0. The van der Waals surface area contributed by atoms with E-state index in [2.05, 4.69) is 0 Å². The van der Waals surface area contributed by atoms with Crippen molar-refractivity contribution in [3.63, 3.8) is 0 Å². The second-order valence-corrected chi connectivity index (χ2v) is 3.27. The first-order valence-corrected chi connectivity index (χ1v) is 4.33. The topological polar surface area (TPSA) is 49.7 Å². The van der Waals surface area contributed by atoms with Crippen LogP contribution < -0.4 is 0 Å². The fourth-order valence-electron chi connectivity index (χ4n) is 1.49. The average molecular weight is 180 g/mol. The Bertz CT molecular complexity index is 252. The van der Waals surface area contributed by atoms with Crippen molar-refractivity contribution in [3.05, 3.63) is 35.4 Å². The van der Waals surface area contributed by atoms with Crippen LogP contribution in [0, 0.1) is 0 Å². The van der Waals surface area contributed by atoms with Crippen molar-refractivity contribution < 1.29 is 14.9 Å². The van der Waals surface area contributed by atoms with E-state index in [0.717, 1.165) is 11.1 Å². The van der Waals surface area contributed by atoms with Gasteiger partial charge in [0.2, 0.25) is 0 Å². The average Bonchev–Trinajstić information content (AvgIpc) is 2.16. The maximum atomic E-state index is 9.35. The predicted octanol–water partition coefficient (Wildman–Crippen LogP) is 0.439. The minimum Gasteiger partial charge on any atom is -0.368 e. The molecule has 2 heterocycles. The standard InChI is InChI=1S/C10H12O3/c11-9-5-7-1-2-8(4-3-7)6-10(12)13-9/h1-4,9-12H,5-6H2. The Labute approximate surface area is 76.6 Å². The summed E-state index contributed by atoms with van der Waals surface area (Å²) >= 11 is 0. The van der Waals surface area contributed by atoms with E-state index >= 15 is 0 Å². The SMILES string of the molecule is OC1Cc2ccc(cc2)CC(O)O1. The smallest absolute Gasteiger partial charge is 0.161 e. The lowest BCUT2D eigenvalue weighted by atomic mass is 10.1. The Hall–Kier alpha value is -0.900. The van der Waals surface area contributed by atoms with E-state index in [9.17, 15) is 10.2 Å². The molecule has 2 atom stereocenters. The van der Waals surface area contributed by atoms with E-state index in [-0.39, 0.29) is 0 Å². The molecule has 0 saturated heterocycles. The molecule has 2 aliphatic heterocycles. The summed E-state index contributed by atoms with van der Waals surface area (Å²) < 4.78 is 4.94. The molecule has 70 valence electrons. The van der Waals surface area contributed by atoms with Crippen LogP contribution in [0.5, 0.6) is 0 Å². The third-order valence-electron chi connectivity index (χ3n) is 2.16. The van der Waals surface area contributed by atoms with Gasteiger partial charge in [-0.3, -0.25) is 0 Å². The van der Waals surface area contributed by atoms with Gasteiger partial charge in [0, 0.05) is 12.8 Å². The van der Waals surface area contributed by atoms with Crippen molar-refractivity contribution in [2.75, 3.05) is 0 Å². The van der Waals surface area contributed by atoms with Crippen LogP contribution in [0.3, 0.4) is 0 Å². The zero-order valence-corrected chi connectivity index (χ0v) is 7.18. The molecule has 0 fully saturated rings. The van der Waals surface area contributed by atoms with Crippen molar-refractivity contribution in [2.45, 2.75) is 25.4 Å². The van der Waals surface area contributed by atoms with Gasteiger partial charge in [-0.25, -0.2) is 0 Å². The quantitative estimate of drug-likeness (QED) is 0.609. The van der Waals surface area contributed by atoms with E-state index in [1.54, 1.807) is 0 Å². The van der Waals surface area contributed by atoms with E-state index < -0.39 is 12.6 Å². The van der Waals surface area contributed by atoms with Crippen LogP contribution in [-0.4, -0.2) is 22.8 Å². The van der Waals surface area contributed by atoms with Crippen LogP contribution in [0.25, 0.3) is 0 Å². The predicted molar refractivity (Wildman–Crippen MR) is 46.9 cm³/mol. The normalized spacial score (nSPS) is 27.8. The largest absolute Gasteiger partial charge is 0.368 e. The summed E-state index contributed by atoms with van der Waals surface area (Å²) in [5, 5.41) is 18.7. The highest BCUT2D eigenvalue weighted by atomic mass is 16.7. The molecule has 2 aliphatic rings. The van der Waals surface area contributed by atoms with Crippen LogP contribution >= 0.6 is 0 Å². The van der Waals surface area contributed by atoms with Gasteiger partial charge in [-0.2, -0.15) is 0 Å². The van der Waals surface area contributed by atoms with Gasteiger partial charge in [0.1, 0.15) is 0 Å². The number of ether oxygens (including phenoxy) is 1. The highest BCUT2D eigenvalue weighted by Gasteiger charge is 2.15. The third kappa shape index (κ3) is 2.06. The molecule has 3 heteroatoms. The number of hydrogen-bond donors (Lipinski definition) is 2. The molecule has 13 heavy (non-hydrogen) atoms. The van der Waals surface area contributed by atoms with Gasteiger partial charge in [0.15, 0.2) is 12.6 Å². The Kier molecular flexibility index (Phi) is 2.31. The molecular formula is C10H12O3. The number of fused-ring (bicyclic) bond motifs is 6. The van der Waals surface area contributed by atoms with Gasteiger partial charge in [-0.05, 0) is 11.1 Å². The summed E-state index contributed by atoms with van der Waals surface area (Å²) in [4.78, 5) is 0. The van der Waals surface area contributed by atoms with Gasteiger partial charge < -0.3 is 14.9 Å². The zero-order chi connectivity index (χ0) is 9.26. The minimum atomic E-state index is -0.906. The van der Waals surface area contributed by atoms with Gasteiger partial charge in [0.05, 0.1) is 0 Å². The summed E-state index contributed by atoms with van der Waals surface area (Å²) in [7, 11) is 0. The molecule has 0 amide bonds. The summed E-state index contributed by atoms with van der Waals surface area (Å²) in [6.45, 7) is 0. The summed E-state index contributed by atoms with van der Waals surface area (Å²) in [6, 6.07) is 7.78. The number of hydrogen-bond acceptors (Lipinski definition) is 3. The monoisotopic (exact) mass is 180 g/mol. The van der Waals surface area contributed by atoms with Crippen LogP contribution in [-0.2, 0) is 17.6 Å². The first kappa shape index (κ1) is 8.69. The Morgan fingerprint density at radius 3 is 1.69 bits per heavy atom. The first-order valence-electron chi connectivity index (χ1n) is 4.33. The van der Waals surface area contributed by atoms with Crippen molar-refractivity contribution in [2.24, 2.45) is 0 Å². The summed E-state index contributed by atoms with van der Waals surface area (Å²) in [5.41, 5.74) is 2.04. The molecule has 3 rings (SSSR count). The van der Waals surface area contributed by atoms with Gasteiger partial charge in [0.25, 0.3) is 0 Å². The van der Waals surface area contributed by atoms with Gasteiger partial charge in [-0.15, -0.1) is 0 Å². The highest BCUT2D eigenvalue weighted by Crippen LogP contribution is 2.14. The van der Waals surface area contributed by atoms with Crippen LogP contribution in [0.4, 0.5) is 0 Å². The van der Waals surface area contributed by atoms with Crippen LogP contribution in [0.1, 0.15) is 11.1 Å². The molecule has 0 radical (unpaired) electrons. The molecule has 2 unspecified atom stereocenters. The van der Waals surface area contributed by atoms with E-state index in [1.807, 2.05) is 24.3 Å².